The second-order valence-electron chi connectivity index (χ2n) is 5.61. The molecule has 21 heavy (non-hydrogen) atoms. The fourth-order valence-electron chi connectivity index (χ4n) is 2.79. The van der Waals surface area contributed by atoms with Crippen LogP contribution >= 0.6 is 11.6 Å². The minimum atomic E-state index is 0.208. The predicted octanol–water partition coefficient (Wildman–Crippen LogP) is 3.46. The van der Waals surface area contributed by atoms with Crippen LogP contribution in [0.15, 0.2) is 30.3 Å². The van der Waals surface area contributed by atoms with Gasteiger partial charge in [0.15, 0.2) is 0 Å². The van der Waals surface area contributed by atoms with Crippen LogP contribution in [0.4, 0.5) is 0 Å². The fraction of sp³-hybridized carbons (Fsp3) is 0.588. The van der Waals surface area contributed by atoms with Gasteiger partial charge in [-0.3, -0.25) is 4.79 Å². The summed E-state index contributed by atoms with van der Waals surface area (Å²) < 4.78 is 5.55. The third kappa shape index (κ3) is 5.01. The molecular weight excluding hydrogens is 286 g/mol. The predicted molar refractivity (Wildman–Crippen MR) is 85.3 cm³/mol. The van der Waals surface area contributed by atoms with Gasteiger partial charge in [0.25, 0.3) is 0 Å². The van der Waals surface area contributed by atoms with Crippen LogP contribution in [-0.2, 0) is 16.1 Å². The molecule has 0 unspecified atom stereocenters. The summed E-state index contributed by atoms with van der Waals surface area (Å²) in [5.74, 6) is 1.16. The van der Waals surface area contributed by atoms with Gasteiger partial charge in [0.05, 0.1) is 6.10 Å². The molecule has 0 aromatic heterocycles. The Bertz CT molecular complexity index is 432. The van der Waals surface area contributed by atoms with Crippen LogP contribution in [0.5, 0.6) is 0 Å². The largest absolute Gasteiger partial charge is 0.378 e. The molecule has 1 aliphatic carbocycles. The summed E-state index contributed by atoms with van der Waals surface area (Å²) >= 11 is 5.84. The lowest BCUT2D eigenvalue weighted by atomic mass is 9.79. The zero-order valence-corrected chi connectivity index (χ0v) is 13.4. The van der Waals surface area contributed by atoms with E-state index < -0.39 is 0 Å². The van der Waals surface area contributed by atoms with Gasteiger partial charge in [-0.05, 0) is 31.2 Å². The maximum Gasteiger partial charge on any atom is 0.223 e. The Morgan fingerprint density at radius 2 is 2.05 bits per heavy atom. The molecule has 0 aliphatic heterocycles. The van der Waals surface area contributed by atoms with E-state index in [2.05, 4.69) is 0 Å². The standard InChI is InChI=1S/C17H24ClNO2/c1-2-21-16-10-15(11-16)12-17(20)19(9-8-18)13-14-6-4-3-5-7-14/h3-7,15-16H,2,8-13H2,1H3. The molecule has 0 saturated heterocycles. The highest BCUT2D eigenvalue weighted by Crippen LogP contribution is 2.33. The van der Waals surface area contributed by atoms with Crippen LogP contribution in [0.1, 0.15) is 31.7 Å². The molecule has 1 amide bonds. The topological polar surface area (TPSA) is 29.5 Å². The molecule has 0 heterocycles. The number of carbonyl (C=O) groups is 1. The SMILES string of the molecule is CCOC1CC(CC(=O)N(CCCl)Cc2ccccc2)C1. The Morgan fingerprint density at radius 3 is 2.67 bits per heavy atom. The summed E-state index contributed by atoms with van der Waals surface area (Å²) in [4.78, 5) is 14.3. The third-order valence-electron chi connectivity index (χ3n) is 3.98. The minimum Gasteiger partial charge on any atom is -0.378 e. The molecule has 4 heteroatoms. The quantitative estimate of drug-likeness (QED) is 0.688. The van der Waals surface area contributed by atoms with Crippen LogP contribution in [0.25, 0.3) is 0 Å². The van der Waals surface area contributed by atoms with Crippen molar-refractivity contribution < 1.29 is 9.53 Å². The van der Waals surface area contributed by atoms with Gasteiger partial charge in [0.1, 0.15) is 0 Å². The van der Waals surface area contributed by atoms with Crippen LogP contribution in [0.2, 0.25) is 0 Å². The fourth-order valence-corrected chi connectivity index (χ4v) is 2.99. The van der Waals surface area contributed by atoms with Crippen molar-refractivity contribution in [3.05, 3.63) is 35.9 Å². The van der Waals surface area contributed by atoms with Crippen molar-refractivity contribution >= 4 is 17.5 Å². The van der Waals surface area contributed by atoms with E-state index in [0.717, 1.165) is 25.0 Å². The molecule has 1 fully saturated rings. The maximum absolute atomic E-state index is 12.4. The Morgan fingerprint density at radius 1 is 1.33 bits per heavy atom. The number of amides is 1. The highest BCUT2D eigenvalue weighted by Gasteiger charge is 2.32. The van der Waals surface area contributed by atoms with E-state index in [0.29, 0.717) is 37.4 Å². The summed E-state index contributed by atoms with van der Waals surface area (Å²) in [6, 6.07) is 10.1. The lowest BCUT2D eigenvalue weighted by Gasteiger charge is -2.35. The first-order valence-electron chi connectivity index (χ1n) is 7.72. The van der Waals surface area contributed by atoms with Crippen molar-refractivity contribution in [1.29, 1.82) is 0 Å². The number of hydrogen-bond acceptors (Lipinski definition) is 2. The van der Waals surface area contributed by atoms with E-state index in [1.54, 1.807) is 0 Å². The van der Waals surface area contributed by atoms with Gasteiger partial charge in [-0.15, -0.1) is 11.6 Å². The summed E-state index contributed by atoms with van der Waals surface area (Å²) in [7, 11) is 0. The zero-order valence-electron chi connectivity index (χ0n) is 12.6. The normalized spacial score (nSPS) is 20.9. The molecule has 116 valence electrons. The Balaban J connectivity index is 1.82. The zero-order chi connectivity index (χ0) is 15.1. The molecule has 1 aromatic rings. The van der Waals surface area contributed by atoms with Crippen molar-refractivity contribution in [2.45, 2.75) is 38.8 Å². The van der Waals surface area contributed by atoms with E-state index in [-0.39, 0.29) is 5.91 Å². The number of carbonyl (C=O) groups excluding carboxylic acids is 1. The first-order valence-corrected chi connectivity index (χ1v) is 8.25. The molecule has 2 rings (SSSR count). The highest BCUT2D eigenvalue weighted by atomic mass is 35.5. The van der Waals surface area contributed by atoms with Gasteiger partial charge in [-0.25, -0.2) is 0 Å². The van der Waals surface area contributed by atoms with E-state index in [1.165, 1.54) is 0 Å². The lowest BCUT2D eigenvalue weighted by Crippen LogP contribution is -2.38. The minimum absolute atomic E-state index is 0.208. The van der Waals surface area contributed by atoms with E-state index >= 15 is 0 Å². The first kappa shape index (κ1) is 16.3. The molecule has 1 aromatic carbocycles. The number of rotatable bonds is 8. The molecular formula is C17H24ClNO2. The molecule has 3 nitrogen and oxygen atoms in total. The smallest absolute Gasteiger partial charge is 0.223 e. The average Bonchev–Trinajstić information content (AvgIpc) is 2.45. The number of halogens is 1. The number of nitrogens with zero attached hydrogens (tertiary/aromatic N) is 1. The molecule has 0 N–H and O–H groups in total. The van der Waals surface area contributed by atoms with Crippen molar-refractivity contribution in [3.63, 3.8) is 0 Å². The van der Waals surface area contributed by atoms with Crippen LogP contribution < -0.4 is 0 Å². The Kier molecular flexibility index (Phi) is 6.52. The van der Waals surface area contributed by atoms with Gasteiger partial charge < -0.3 is 9.64 Å². The maximum atomic E-state index is 12.4. The molecule has 1 aliphatic rings. The highest BCUT2D eigenvalue weighted by molar-refractivity contribution is 6.18. The average molecular weight is 310 g/mol. The monoisotopic (exact) mass is 309 g/mol. The van der Waals surface area contributed by atoms with E-state index in [4.69, 9.17) is 16.3 Å². The van der Waals surface area contributed by atoms with Gasteiger partial charge in [-0.1, -0.05) is 30.3 Å². The third-order valence-corrected chi connectivity index (χ3v) is 4.15. The van der Waals surface area contributed by atoms with Crippen LogP contribution in [0.3, 0.4) is 0 Å². The van der Waals surface area contributed by atoms with E-state index in [1.807, 2.05) is 42.2 Å². The van der Waals surface area contributed by atoms with Crippen molar-refractivity contribution in [2.24, 2.45) is 5.92 Å². The number of hydrogen-bond donors (Lipinski definition) is 0. The van der Waals surface area contributed by atoms with Gasteiger partial charge >= 0.3 is 0 Å². The summed E-state index contributed by atoms with van der Waals surface area (Å²) in [5.41, 5.74) is 1.15. The van der Waals surface area contributed by atoms with Gasteiger partial charge in [0, 0.05) is 32.0 Å². The summed E-state index contributed by atoms with van der Waals surface area (Å²) in [6.07, 6.45) is 3.01. The molecule has 0 spiro atoms. The van der Waals surface area contributed by atoms with Gasteiger partial charge in [0.2, 0.25) is 5.91 Å². The number of benzene rings is 1. The summed E-state index contributed by atoms with van der Waals surface area (Å²) in [6.45, 7) is 4.03. The molecule has 0 bridgehead atoms. The van der Waals surface area contributed by atoms with Crippen molar-refractivity contribution in [2.75, 3.05) is 19.0 Å². The summed E-state index contributed by atoms with van der Waals surface area (Å²) in [5, 5.41) is 0. The Hall–Kier alpha value is -1.06. The lowest BCUT2D eigenvalue weighted by molar-refractivity contribution is -0.134. The molecule has 1 saturated carbocycles. The second kappa shape index (κ2) is 8.40. The van der Waals surface area contributed by atoms with Crippen molar-refractivity contribution in [1.82, 2.24) is 4.90 Å². The van der Waals surface area contributed by atoms with Gasteiger partial charge in [-0.2, -0.15) is 0 Å². The van der Waals surface area contributed by atoms with E-state index in [9.17, 15) is 4.79 Å². The molecule has 0 radical (unpaired) electrons. The second-order valence-corrected chi connectivity index (χ2v) is 5.99. The van der Waals surface area contributed by atoms with Crippen LogP contribution in [-0.4, -0.2) is 35.9 Å². The van der Waals surface area contributed by atoms with Crippen molar-refractivity contribution in [3.8, 4) is 0 Å². The number of ether oxygens (including phenoxy) is 1. The Labute approximate surface area is 132 Å². The van der Waals surface area contributed by atoms with Crippen LogP contribution in [0, 0.1) is 5.92 Å². The number of alkyl halides is 1. The molecule has 0 atom stereocenters. The first-order chi connectivity index (χ1) is 10.2.